The van der Waals surface area contributed by atoms with E-state index in [1.165, 1.54) is 34.9 Å². The normalized spacial score (nSPS) is 19.8. The Kier molecular flexibility index (Phi) is 5.94. The standard InChI is InChI=1S/C22H23ClFN3O6/c1-22(5-8-28)21(33)26(7-9-29)18-13-4-6-25(11-12-2-3-15(24)14(23)10-12)19(31)16(13)17(30)20(32)27(18)22/h2-3,10,28-30H,4-9,11H2,1H3. The first-order chi connectivity index (χ1) is 15.7. The second-order valence-electron chi connectivity index (χ2n) is 8.32. The molecule has 1 aromatic carbocycles. The molecule has 3 heterocycles. The van der Waals surface area contributed by atoms with Crippen LogP contribution in [0.15, 0.2) is 23.0 Å². The summed E-state index contributed by atoms with van der Waals surface area (Å²) in [7, 11) is 0. The second kappa shape index (κ2) is 8.44. The van der Waals surface area contributed by atoms with Crippen LogP contribution >= 0.6 is 11.6 Å². The monoisotopic (exact) mass is 479 g/mol. The van der Waals surface area contributed by atoms with Gasteiger partial charge in [-0.05, 0) is 31.0 Å². The third-order valence-corrected chi connectivity index (χ3v) is 6.58. The first-order valence-corrected chi connectivity index (χ1v) is 10.8. The van der Waals surface area contributed by atoms with Crippen LogP contribution in [-0.4, -0.2) is 62.9 Å². The van der Waals surface area contributed by atoms with Crippen molar-refractivity contribution in [3.05, 3.63) is 56.1 Å². The maximum atomic E-state index is 13.5. The Hall–Kier alpha value is -2.95. The summed E-state index contributed by atoms with van der Waals surface area (Å²) in [5.41, 5.74) is -1.69. The number of carbonyl (C=O) groups excluding carboxylic acids is 2. The average molecular weight is 480 g/mol. The Morgan fingerprint density at radius 2 is 1.91 bits per heavy atom. The average Bonchev–Trinajstić information content (AvgIpc) is 2.98. The molecule has 9 nitrogen and oxygen atoms in total. The minimum atomic E-state index is -1.46. The quantitative estimate of drug-likeness (QED) is 0.567. The Labute approximate surface area is 193 Å². The highest BCUT2D eigenvalue weighted by Crippen LogP contribution is 2.42. The summed E-state index contributed by atoms with van der Waals surface area (Å²) >= 11 is 5.83. The Balaban J connectivity index is 1.83. The molecule has 2 aromatic rings. The molecule has 2 amide bonds. The molecule has 1 aromatic heterocycles. The van der Waals surface area contributed by atoms with Crippen LogP contribution in [-0.2, 0) is 23.3 Å². The van der Waals surface area contributed by atoms with Gasteiger partial charge in [-0.15, -0.1) is 0 Å². The summed E-state index contributed by atoms with van der Waals surface area (Å²) in [6.07, 6.45) is 0.147. The summed E-state index contributed by atoms with van der Waals surface area (Å²) < 4.78 is 14.6. The Bertz CT molecular complexity index is 1220. The lowest BCUT2D eigenvalue weighted by Gasteiger charge is -2.32. The smallest absolute Gasteiger partial charge is 0.296 e. The third-order valence-electron chi connectivity index (χ3n) is 6.29. The number of aromatic nitrogens is 1. The molecular formula is C22H23ClFN3O6. The zero-order chi connectivity index (χ0) is 24.1. The van der Waals surface area contributed by atoms with Crippen LogP contribution < -0.4 is 10.5 Å². The van der Waals surface area contributed by atoms with Gasteiger partial charge in [0.15, 0.2) is 5.75 Å². The number of anilines is 1. The van der Waals surface area contributed by atoms with Crippen molar-refractivity contribution >= 4 is 29.2 Å². The SMILES string of the molecule is CC1(CCO)C(=O)N(CCO)c2c3c(c(O)c(=O)n21)C(=O)N(Cc1ccc(F)c(Cl)c1)CC3. The van der Waals surface area contributed by atoms with E-state index in [1.807, 2.05) is 0 Å². The van der Waals surface area contributed by atoms with Gasteiger partial charge in [0.25, 0.3) is 17.4 Å². The molecule has 11 heteroatoms. The number of benzene rings is 1. The second-order valence-corrected chi connectivity index (χ2v) is 8.73. The highest BCUT2D eigenvalue weighted by molar-refractivity contribution is 6.30. The number of rotatable bonds is 6. The number of β-amino-alcohol motifs (C(OH)–C–C–N with tert-alkyl or cyclic N) is 1. The number of hydrogen-bond acceptors (Lipinski definition) is 6. The van der Waals surface area contributed by atoms with Gasteiger partial charge in [0.2, 0.25) is 0 Å². The fourth-order valence-corrected chi connectivity index (χ4v) is 4.85. The van der Waals surface area contributed by atoms with Crippen molar-refractivity contribution in [1.29, 1.82) is 0 Å². The van der Waals surface area contributed by atoms with E-state index < -0.39 is 34.5 Å². The van der Waals surface area contributed by atoms with Crippen molar-refractivity contribution in [2.45, 2.75) is 31.8 Å². The van der Waals surface area contributed by atoms with Crippen molar-refractivity contribution < 1.29 is 29.3 Å². The summed E-state index contributed by atoms with van der Waals surface area (Å²) in [6, 6.07) is 4.08. The maximum absolute atomic E-state index is 13.5. The number of fused-ring (bicyclic) bond motifs is 3. The van der Waals surface area contributed by atoms with E-state index >= 15 is 0 Å². The van der Waals surface area contributed by atoms with Crippen LogP contribution in [0.5, 0.6) is 5.75 Å². The molecule has 1 atom stereocenters. The lowest BCUT2D eigenvalue weighted by Crippen LogP contribution is -2.45. The van der Waals surface area contributed by atoms with Crippen LogP contribution in [0.25, 0.3) is 0 Å². The minimum Gasteiger partial charge on any atom is -0.502 e. The number of amides is 2. The number of carbonyl (C=O) groups is 2. The van der Waals surface area contributed by atoms with E-state index in [0.717, 1.165) is 4.57 Å². The fraction of sp³-hybridized carbons (Fsp3) is 0.409. The highest BCUT2D eigenvalue weighted by atomic mass is 35.5. The molecule has 3 N–H and O–H groups in total. The number of hydrogen-bond donors (Lipinski definition) is 3. The molecule has 0 spiro atoms. The van der Waals surface area contributed by atoms with Gasteiger partial charge >= 0.3 is 0 Å². The number of aromatic hydroxyl groups is 1. The van der Waals surface area contributed by atoms with Crippen molar-refractivity contribution in [3.63, 3.8) is 0 Å². The van der Waals surface area contributed by atoms with Gasteiger partial charge in [0.05, 0.1) is 23.7 Å². The third kappa shape index (κ3) is 3.49. The van der Waals surface area contributed by atoms with Gasteiger partial charge in [-0.1, -0.05) is 17.7 Å². The summed E-state index contributed by atoms with van der Waals surface area (Å²) in [4.78, 5) is 42.3. The van der Waals surface area contributed by atoms with Gasteiger partial charge in [-0.3, -0.25) is 23.9 Å². The predicted molar refractivity (Wildman–Crippen MR) is 117 cm³/mol. The van der Waals surface area contributed by atoms with Gasteiger partial charge in [0.1, 0.15) is 17.2 Å². The van der Waals surface area contributed by atoms with Crippen LogP contribution in [0.2, 0.25) is 5.02 Å². The molecule has 2 aliphatic rings. The predicted octanol–water partition coefficient (Wildman–Crippen LogP) is 0.981. The van der Waals surface area contributed by atoms with Gasteiger partial charge < -0.3 is 20.2 Å². The minimum absolute atomic E-state index is 0.0791. The number of nitrogens with zero attached hydrogens (tertiary/aromatic N) is 3. The number of aliphatic hydroxyl groups excluding tert-OH is 2. The van der Waals surface area contributed by atoms with Crippen LogP contribution in [0, 0.1) is 5.82 Å². The number of halogens is 2. The molecule has 0 fully saturated rings. The van der Waals surface area contributed by atoms with E-state index in [-0.39, 0.29) is 62.1 Å². The van der Waals surface area contributed by atoms with E-state index in [0.29, 0.717) is 11.1 Å². The summed E-state index contributed by atoms with van der Waals surface area (Å²) in [5.74, 6) is -2.33. The molecule has 33 heavy (non-hydrogen) atoms. The molecular weight excluding hydrogens is 457 g/mol. The molecule has 1 unspecified atom stereocenters. The highest BCUT2D eigenvalue weighted by Gasteiger charge is 2.51. The molecule has 0 bridgehead atoms. The zero-order valence-corrected chi connectivity index (χ0v) is 18.6. The molecule has 0 aliphatic carbocycles. The molecule has 0 radical (unpaired) electrons. The van der Waals surface area contributed by atoms with Crippen LogP contribution in [0.3, 0.4) is 0 Å². The van der Waals surface area contributed by atoms with E-state index in [4.69, 9.17) is 11.6 Å². The molecule has 0 saturated heterocycles. The van der Waals surface area contributed by atoms with Crippen LogP contribution in [0.1, 0.15) is 34.8 Å². The molecule has 4 rings (SSSR count). The zero-order valence-electron chi connectivity index (χ0n) is 17.8. The fourth-order valence-electron chi connectivity index (χ4n) is 4.65. The van der Waals surface area contributed by atoms with Crippen molar-refractivity contribution in [2.75, 3.05) is 31.2 Å². The van der Waals surface area contributed by atoms with Crippen molar-refractivity contribution in [1.82, 2.24) is 9.47 Å². The molecule has 176 valence electrons. The Morgan fingerprint density at radius 3 is 2.55 bits per heavy atom. The van der Waals surface area contributed by atoms with Gasteiger partial charge in [-0.25, -0.2) is 4.39 Å². The molecule has 2 aliphatic heterocycles. The first kappa shape index (κ1) is 23.2. The number of pyridine rings is 1. The maximum Gasteiger partial charge on any atom is 0.296 e. The van der Waals surface area contributed by atoms with Crippen molar-refractivity contribution in [3.8, 4) is 5.75 Å². The summed E-state index contributed by atoms with van der Waals surface area (Å²) in [6.45, 7) is 0.903. The van der Waals surface area contributed by atoms with Gasteiger partial charge in [0, 0.05) is 31.7 Å². The topological polar surface area (TPSA) is 123 Å². The van der Waals surface area contributed by atoms with Gasteiger partial charge in [-0.2, -0.15) is 0 Å². The molecule has 0 saturated carbocycles. The van der Waals surface area contributed by atoms with Crippen molar-refractivity contribution in [2.24, 2.45) is 0 Å². The van der Waals surface area contributed by atoms with E-state index in [2.05, 4.69) is 0 Å². The van der Waals surface area contributed by atoms with E-state index in [1.54, 1.807) is 0 Å². The largest absolute Gasteiger partial charge is 0.502 e. The lowest BCUT2D eigenvalue weighted by atomic mass is 9.95. The lowest BCUT2D eigenvalue weighted by molar-refractivity contribution is -0.125. The Morgan fingerprint density at radius 1 is 1.18 bits per heavy atom. The first-order valence-electron chi connectivity index (χ1n) is 10.4. The van der Waals surface area contributed by atoms with Crippen LogP contribution in [0.4, 0.5) is 10.2 Å². The summed E-state index contributed by atoms with van der Waals surface area (Å²) in [5, 5.41) is 29.7. The number of aliphatic hydroxyl groups is 2. The van der Waals surface area contributed by atoms with E-state index in [9.17, 15) is 34.1 Å².